The first-order valence-corrected chi connectivity index (χ1v) is 19.6. The van der Waals surface area contributed by atoms with Gasteiger partial charge in [-0.25, -0.2) is 0 Å². The third kappa shape index (κ3) is 4.79. The normalized spacial score (nSPS) is 11.9. The van der Waals surface area contributed by atoms with Crippen LogP contribution in [0.1, 0.15) is 0 Å². The molecular formula is C54H35N3. The lowest BCUT2D eigenvalue weighted by molar-refractivity contribution is 1.18. The van der Waals surface area contributed by atoms with E-state index in [0.717, 1.165) is 22.7 Å². The van der Waals surface area contributed by atoms with Crippen LogP contribution in [-0.2, 0) is 0 Å². The number of hydrogen-bond donors (Lipinski definition) is 0. The van der Waals surface area contributed by atoms with Crippen molar-refractivity contribution in [3.8, 4) is 27.9 Å². The van der Waals surface area contributed by atoms with Crippen molar-refractivity contribution in [2.75, 3.05) is 4.90 Å². The van der Waals surface area contributed by atoms with Crippen LogP contribution < -0.4 is 4.90 Å². The number of nitrogens with zero attached hydrogens (tertiary/aromatic N) is 3. The van der Waals surface area contributed by atoms with Gasteiger partial charge in [0.2, 0.25) is 0 Å². The number of rotatable bonds is 6. The molecule has 0 fully saturated rings. The van der Waals surface area contributed by atoms with Gasteiger partial charge in [-0.15, -0.1) is 0 Å². The van der Waals surface area contributed by atoms with Gasteiger partial charge < -0.3 is 13.9 Å². The monoisotopic (exact) mass is 725 g/mol. The Balaban J connectivity index is 1.05. The van der Waals surface area contributed by atoms with E-state index >= 15 is 0 Å². The van der Waals surface area contributed by atoms with E-state index in [-0.39, 0.29) is 0 Å². The first-order valence-electron chi connectivity index (χ1n) is 19.6. The summed E-state index contributed by atoms with van der Waals surface area (Å²) in [6.45, 7) is 0. The summed E-state index contributed by atoms with van der Waals surface area (Å²) in [5, 5.41) is 7.70. The molecule has 0 aliphatic rings. The predicted octanol–water partition coefficient (Wildman–Crippen LogP) is 14.7. The summed E-state index contributed by atoms with van der Waals surface area (Å²) in [7, 11) is 0. The number of benzene rings is 9. The molecule has 0 N–H and O–H groups in total. The van der Waals surface area contributed by atoms with Crippen LogP contribution in [0.2, 0.25) is 0 Å². The van der Waals surface area contributed by atoms with E-state index in [1.54, 1.807) is 0 Å². The zero-order valence-corrected chi connectivity index (χ0v) is 31.0. The summed E-state index contributed by atoms with van der Waals surface area (Å²) < 4.78 is 4.96. The fourth-order valence-electron chi connectivity index (χ4n) is 9.29. The Kier molecular flexibility index (Phi) is 6.93. The zero-order valence-electron chi connectivity index (χ0n) is 31.0. The maximum Gasteiger partial charge on any atom is 0.0642 e. The lowest BCUT2D eigenvalue weighted by Crippen LogP contribution is -2.10. The van der Waals surface area contributed by atoms with Crippen LogP contribution in [0.15, 0.2) is 212 Å². The Morgan fingerprint density at radius 1 is 0.298 bits per heavy atom. The summed E-state index contributed by atoms with van der Waals surface area (Å²) in [5.41, 5.74) is 15.5. The fourth-order valence-corrected chi connectivity index (χ4v) is 9.29. The Bertz CT molecular complexity index is 3330. The van der Waals surface area contributed by atoms with Gasteiger partial charge in [0.1, 0.15) is 0 Å². The largest absolute Gasteiger partial charge is 0.311 e. The van der Waals surface area contributed by atoms with Gasteiger partial charge >= 0.3 is 0 Å². The third-order valence-corrected chi connectivity index (χ3v) is 11.8. The lowest BCUT2D eigenvalue weighted by atomic mass is 10.0. The molecule has 0 aliphatic carbocycles. The molecule has 3 heteroatoms. The van der Waals surface area contributed by atoms with Crippen molar-refractivity contribution in [1.82, 2.24) is 8.97 Å². The molecule has 0 bridgehead atoms. The van der Waals surface area contributed by atoms with Crippen molar-refractivity contribution in [3.63, 3.8) is 0 Å². The molecule has 0 saturated heterocycles. The van der Waals surface area contributed by atoms with Gasteiger partial charge in [-0.05, 0) is 95.1 Å². The molecule has 12 rings (SSSR count). The second kappa shape index (κ2) is 12.5. The highest BCUT2D eigenvalue weighted by atomic mass is 15.1. The van der Waals surface area contributed by atoms with Gasteiger partial charge in [-0.1, -0.05) is 140 Å². The summed E-state index contributed by atoms with van der Waals surface area (Å²) in [5.74, 6) is 0. The molecule has 9 aromatic carbocycles. The molecule has 0 amide bonds. The van der Waals surface area contributed by atoms with Crippen LogP contribution in [-0.4, -0.2) is 8.97 Å². The van der Waals surface area contributed by atoms with E-state index in [0.29, 0.717) is 0 Å². The van der Waals surface area contributed by atoms with Crippen LogP contribution in [0.3, 0.4) is 0 Å². The minimum atomic E-state index is 1.09. The van der Waals surface area contributed by atoms with Crippen LogP contribution in [0, 0.1) is 0 Å². The van der Waals surface area contributed by atoms with Crippen molar-refractivity contribution in [1.29, 1.82) is 0 Å². The molecule has 0 spiro atoms. The highest BCUT2D eigenvalue weighted by molar-refractivity contribution is 6.34. The molecule has 0 saturated carbocycles. The second-order valence-electron chi connectivity index (χ2n) is 14.9. The second-order valence-corrected chi connectivity index (χ2v) is 14.9. The molecule has 0 aliphatic heterocycles. The molecule has 0 unspecified atom stereocenters. The molecule has 0 atom stereocenters. The fraction of sp³-hybridized carbons (Fsp3) is 0. The molecule has 12 aromatic rings. The minimum Gasteiger partial charge on any atom is -0.311 e. The van der Waals surface area contributed by atoms with Gasteiger partial charge in [-0.3, -0.25) is 0 Å². The standard InChI is InChI=1S/C54H35N3/c1-3-13-36(14-4-1)38-23-27-40(28-24-38)55(41-29-25-39(26-30-41)37-15-5-2-6-16-37)42-31-33-43(34-32-42)56-49-20-10-7-17-44(49)47-35-48-45-18-8-11-21-50(45)57-51-22-12-9-19-46(51)52(53(47)56)54(48)57/h1-35H. The molecule has 57 heavy (non-hydrogen) atoms. The zero-order chi connectivity index (χ0) is 37.5. The topological polar surface area (TPSA) is 12.6 Å². The number of anilines is 3. The van der Waals surface area contributed by atoms with Gasteiger partial charge in [0.25, 0.3) is 0 Å². The smallest absolute Gasteiger partial charge is 0.0642 e. The Hall–Kier alpha value is -7.62. The Morgan fingerprint density at radius 2 is 0.702 bits per heavy atom. The van der Waals surface area contributed by atoms with Gasteiger partial charge in [0.15, 0.2) is 0 Å². The van der Waals surface area contributed by atoms with Crippen molar-refractivity contribution < 1.29 is 0 Å². The average molecular weight is 726 g/mol. The van der Waals surface area contributed by atoms with E-state index in [1.807, 2.05) is 0 Å². The number of hydrogen-bond acceptors (Lipinski definition) is 1. The lowest BCUT2D eigenvalue weighted by Gasteiger charge is -2.26. The molecule has 3 heterocycles. The molecule has 3 nitrogen and oxygen atoms in total. The van der Waals surface area contributed by atoms with Crippen molar-refractivity contribution in [2.24, 2.45) is 0 Å². The van der Waals surface area contributed by atoms with Crippen molar-refractivity contribution in [3.05, 3.63) is 212 Å². The highest BCUT2D eigenvalue weighted by Crippen LogP contribution is 2.47. The van der Waals surface area contributed by atoms with Crippen LogP contribution >= 0.6 is 0 Å². The third-order valence-electron chi connectivity index (χ3n) is 11.8. The predicted molar refractivity (Wildman–Crippen MR) is 241 cm³/mol. The highest BCUT2D eigenvalue weighted by Gasteiger charge is 2.24. The van der Waals surface area contributed by atoms with Gasteiger partial charge in [-0.2, -0.15) is 0 Å². The van der Waals surface area contributed by atoms with E-state index in [1.165, 1.54) is 82.2 Å². The maximum atomic E-state index is 2.49. The van der Waals surface area contributed by atoms with Crippen molar-refractivity contribution in [2.45, 2.75) is 0 Å². The molecule has 3 aromatic heterocycles. The Morgan fingerprint density at radius 3 is 1.26 bits per heavy atom. The van der Waals surface area contributed by atoms with Gasteiger partial charge in [0, 0.05) is 55.1 Å². The number of aromatic nitrogens is 2. The average Bonchev–Trinajstić information content (AvgIpc) is 3.93. The van der Waals surface area contributed by atoms with Crippen molar-refractivity contribution >= 4 is 77.0 Å². The first kappa shape index (κ1) is 31.7. The first-order chi connectivity index (χ1) is 28.3. The van der Waals surface area contributed by atoms with Crippen LogP contribution in [0.25, 0.3) is 87.8 Å². The molecular weight excluding hydrogens is 691 g/mol. The summed E-state index contributed by atoms with van der Waals surface area (Å²) in [4.78, 5) is 2.36. The number of para-hydroxylation sites is 3. The summed E-state index contributed by atoms with van der Waals surface area (Å²) in [6, 6.07) is 77.2. The van der Waals surface area contributed by atoms with Crippen LogP contribution in [0.5, 0.6) is 0 Å². The Labute approximate surface area is 329 Å². The van der Waals surface area contributed by atoms with E-state index < -0.39 is 0 Å². The summed E-state index contributed by atoms with van der Waals surface area (Å²) in [6.07, 6.45) is 0. The number of fused-ring (bicyclic) bond motifs is 10. The van der Waals surface area contributed by atoms with Crippen LogP contribution in [0.4, 0.5) is 17.1 Å². The van der Waals surface area contributed by atoms with E-state index in [9.17, 15) is 0 Å². The van der Waals surface area contributed by atoms with E-state index in [4.69, 9.17) is 0 Å². The van der Waals surface area contributed by atoms with E-state index in [2.05, 4.69) is 226 Å². The SMILES string of the molecule is c1ccc(-c2ccc(N(c3ccc(-c4ccccc4)cc3)c3ccc(-n4c5ccccc5c5cc6c7ccccc7n7c8ccccc8c(c54)c67)cc3)cc2)cc1. The maximum absolute atomic E-state index is 2.49. The molecule has 0 radical (unpaired) electrons. The minimum absolute atomic E-state index is 1.09. The summed E-state index contributed by atoms with van der Waals surface area (Å²) >= 11 is 0. The molecule has 266 valence electrons. The quantitative estimate of drug-likeness (QED) is 0.166. The van der Waals surface area contributed by atoms with Gasteiger partial charge in [0.05, 0.1) is 27.6 Å².